The minimum absolute atomic E-state index is 0.0650. The lowest BCUT2D eigenvalue weighted by Crippen LogP contribution is -2.29. The first-order valence-corrected chi connectivity index (χ1v) is 10.1. The smallest absolute Gasteiger partial charge is 0.242 e. The third-order valence-corrected chi connectivity index (χ3v) is 6.13. The summed E-state index contributed by atoms with van der Waals surface area (Å²) in [6.45, 7) is 2.78. The number of sulfonamides is 1. The van der Waals surface area contributed by atoms with E-state index in [-0.39, 0.29) is 15.8 Å². The summed E-state index contributed by atoms with van der Waals surface area (Å²) in [7, 11) is -1.89. The predicted octanol–water partition coefficient (Wildman–Crippen LogP) is 2.99. The molecule has 0 radical (unpaired) electrons. The molecule has 0 amide bonds. The average molecular weight is 371 g/mol. The van der Waals surface area contributed by atoms with E-state index < -0.39 is 10.0 Å². The molecule has 4 nitrogen and oxygen atoms in total. The van der Waals surface area contributed by atoms with Crippen molar-refractivity contribution in [3.8, 4) is 0 Å². The number of thioether (sulfide) groups is 1. The van der Waals surface area contributed by atoms with Gasteiger partial charge in [-0.25, -0.2) is 13.1 Å². The van der Waals surface area contributed by atoms with Crippen molar-refractivity contribution in [3.05, 3.63) is 27.7 Å². The van der Waals surface area contributed by atoms with Gasteiger partial charge in [-0.15, -0.1) is 0 Å². The van der Waals surface area contributed by atoms with Gasteiger partial charge in [0.05, 0.1) is 5.02 Å². The summed E-state index contributed by atoms with van der Waals surface area (Å²) in [5.74, 6) is 1.14. The largest absolute Gasteiger partial charge is 0.316 e. The molecule has 0 aliphatic rings. The van der Waals surface area contributed by atoms with Crippen LogP contribution < -0.4 is 10.0 Å². The molecular formula is C13H20Cl2N2O2S2. The van der Waals surface area contributed by atoms with Gasteiger partial charge >= 0.3 is 0 Å². The monoisotopic (exact) mass is 370 g/mol. The highest BCUT2D eigenvalue weighted by atomic mass is 35.5. The maximum atomic E-state index is 12.4. The van der Waals surface area contributed by atoms with Crippen LogP contribution in [0.15, 0.2) is 17.0 Å². The van der Waals surface area contributed by atoms with Gasteiger partial charge in [0.15, 0.2) is 0 Å². The van der Waals surface area contributed by atoms with E-state index in [0.717, 1.165) is 5.75 Å². The van der Waals surface area contributed by atoms with Crippen LogP contribution in [0.1, 0.15) is 12.5 Å². The Hall–Kier alpha value is 0.0200. The Kier molecular flexibility index (Phi) is 7.81. The number of rotatable bonds is 8. The Morgan fingerprint density at radius 2 is 2.00 bits per heavy atom. The average Bonchev–Trinajstić information content (AvgIpc) is 2.41. The molecule has 2 N–H and O–H groups in total. The van der Waals surface area contributed by atoms with Crippen molar-refractivity contribution in [1.29, 1.82) is 0 Å². The third-order valence-electron chi connectivity index (χ3n) is 2.87. The molecule has 1 rings (SSSR count). The first-order valence-electron chi connectivity index (χ1n) is 6.43. The van der Waals surface area contributed by atoms with E-state index >= 15 is 0 Å². The summed E-state index contributed by atoms with van der Waals surface area (Å²) in [5.41, 5.74) is 0.584. The van der Waals surface area contributed by atoms with Crippen molar-refractivity contribution >= 4 is 45.0 Å². The Morgan fingerprint density at radius 1 is 1.33 bits per heavy atom. The third kappa shape index (κ3) is 5.30. The Bertz CT molecular complexity index is 580. The van der Waals surface area contributed by atoms with Gasteiger partial charge in [-0.2, -0.15) is 11.8 Å². The highest BCUT2D eigenvalue weighted by Gasteiger charge is 2.21. The SMILES string of the molecule is CNCc1c(Cl)ccc(S(=O)(=O)NCC(C)CSC)c1Cl. The molecule has 0 bridgehead atoms. The fraction of sp³-hybridized carbons (Fsp3) is 0.538. The fourth-order valence-corrected chi connectivity index (χ4v) is 4.56. The molecule has 0 saturated carbocycles. The van der Waals surface area contributed by atoms with Crippen LogP contribution >= 0.6 is 35.0 Å². The van der Waals surface area contributed by atoms with Crippen LogP contribution in [0.3, 0.4) is 0 Å². The van der Waals surface area contributed by atoms with Crippen LogP contribution in [0.5, 0.6) is 0 Å². The molecular weight excluding hydrogens is 351 g/mol. The van der Waals surface area contributed by atoms with Crippen molar-refractivity contribution in [2.75, 3.05) is 25.6 Å². The summed E-state index contributed by atoms with van der Waals surface area (Å²) in [6, 6.07) is 2.99. The first kappa shape index (κ1) is 19.1. The van der Waals surface area contributed by atoms with Crippen LogP contribution in [0.2, 0.25) is 10.0 Å². The van der Waals surface area contributed by atoms with E-state index in [1.165, 1.54) is 6.07 Å². The standard InChI is InChI=1S/C13H20Cl2N2O2S2/c1-9(8-20-3)6-17-21(18,19)12-5-4-11(14)10(7-16-2)13(12)15/h4-5,9,16-17H,6-8H2,1-3H3. The zero-order valence-electron chi connectivity index (χ0n) is 12.2. The highest BCUT2D eigenvalue weighted by molar-refractivity contribution is 7.98. The van der Waals surface area contributed by atoms with Gasteiger partial charge in [-0.3, -0.25) is 0 Å². The zero-order valence-corrected chi connectivity index (χ0v) is 15.4. The first-order chi connectivity index (χ1) is 9.83. The van der Waals surface area contributed by atoms with Crippen LogP contribution in [-0.2, 0) is 16.6 Å². The second-order valence-corrected chi connectivity index (χ2v) is 8.21. The van der Waals surface area contributed by atoms with E-state index in [1.54, 1.807) is 24.9 Å². The summed E-state index contributed by atoms with van der Waals surface area (Å²) in [4.78, 5) is 0.0650. The summed E-state index contributed by atoms with van der Waals surface area (Å²) in [6.07, 6.45) is 1.99. The number of hydrogen-bond donors (Lipinski definition) is 2. The zero-order chi connectivity index (χ0) is 16.0. The second-order valence-electron chi connectivity index (χ2n) is 4.78. The fourth-order valence-electron chi connectivity index (χ4n) is 1.80. The Labute approximate surface area is 141 Å². The van der Waals surface area contributed by atoms with Crippen molar-refractivity contribution in [1.82, 2.24) is 10.0 Å². The normalized spacial score (nSPS) is 13.4. The molecule has 0 heterocycles. The number of hydrogen-bond acceptors (Lipinski definition) is 4. The molecule has 1 unspecified atom stereocenters. The van der Waals surface area contributed by atoms with Crippen LogP contribution in [-0.4, -0.2) is 34.0 Å². The summed E-state index contributed by atoms with van der Waals surface area (Å²) >= 11 is 13.9. The van der Waals surface area contributed by atoms with E-state index in [1.807, 2.05) is 13.2 Å². The van der Waals surface area contributed by atoms with Gasteiger partial charge in [0.1, 0.15) is 4.90 Å². The second kappa shape index (κ2) is 8.60. The minimum atomic E-state index is -3.64. The lowest BCUT2D eigenvalue weighted by atomic mass is 10.2. The van der Waals surface area contributed by atoms with E-state index in [9.17, 15) is 8.42 Å². The quantitative estimate of drug-likeness (QED) is 0.738. The molecule has 1 aromatic rings. The number of benzene rings is 1. The van der Waals surface area contributed by atoms with E-state index in [0.29, 0.717) is 23.7 Å². The van der Waals surface area contributed by atoms with Crippen molar-refractivity contribution in [2.24, 2.45) is 5.92 Å². The Balaban J connectivity index is 3.01. The molecule has 8 heteroatoms. The van der Waals surface area contributed by atoms with Gasteiger partial charge in [-0.05, 0) is 37.1 Å². The van der Waals surface area contributed by atoms with Crippen molar-refractivity contribution < 1.29 is 8.42 Å². The maximum Gasteiger partial charge on any atom is 0.242 e. The minimum Gasteiger partial charge on any atom is -0.316 e. The van der Waals surface area contributed by atoms with Crippen molar-refractivity contribution in [2.45, 2.75) is 18.4 Å². The molecule has 0 saturated heterocycles. The predicted molar refractivity (Wildman–Crippen MR) is 92.0 cm³/mol. The summed E-state index contributed by atoms with van der Waals surface area (Å²) < 4.78 is 27.3. The summed E-state index contributed by atoms with van der Waals surface area (Å²) in [5, 5.41) is 3.54. The van der Waals surface area contributed by atoms with Gasteiger partial charge < -0.3 is 5.32 Å². The van der Waals surface area contributed by atoms with E-state index in [2.05, 4.69) is 10.0 Å². The maximum absolute atomic E-state index is 12.4. The van der Waals surface area contributed by atoms with Crippen LogP contribution in [0.4, 0.5) is 0 Å². The van der Waals surface area contributed by atoms with E-state index in [4.69, 9.17) is 23.2 Å². The molecule has 1 aromatic carbocycles. The molecule has 21 heavy (non-hydrogen) atoms. The molecule has 0 fully saturated rings. The van der Waals surface area contributed by atoms with Gasteiger partial charge in [-0.1, -0.05) is 30.1 Å². The Morgan fingerprint density at radius 3 is 2.57 bits per heavy atom. The van der Waals surface area contributed by atoms with Gasteiger partial charge in [0.2, 0.25) is 10.0 Å². The highest BCUT2D eigenvalue weighted by Crippen LogP contribution is 2.31. The molecule has 0 aliphatic carbocycles. The number of halogens is 2. The van der Waals surface area contributed by atoms with Crippen LogP contribution in [0, 0.1) is 5.92 Å². The molecule has 0 spiro atoms. The number of nitrogens with one attached hydrogen (secondary N) is 2. The lowest BCUT2D eigenvalue weighted by molar-refractivity contribution is 0.562. The van der Waals surface area contributed by atoms with Crippen LogP contribution in [0.25, 0.3) is 0 Å². The van der Waals surface area contributed by atoms with Gasteiger partial charge in [0.25, 0.3) is 0 Å². The lowest BCUT2D eigenvalue weighted by Gasteiger charge is -2.15. The topological polar surface area (TPSA) is 58.2 Å². The van der Waals surface area contributed by atoms with Gasteiger partial charge in [0, 0.05) is 23.7 Å². The molecule has 1 atom stereocenters. The molecule has 0 aliphatic heterocycles. The molecule has 120 valence electrons. The van der Waals surface area contributed by atoms with Crippen molar-refractivity contribution in [3.63, 3.8) is 0 Å². The molecule has 0 aromatic heterocycles.